The molecule has 1 atom stereocenters. The van der Waals surface area contributed by atoms with Crippen LogP contribution in [0.2, 0.25) is 0 Å². The Balaban J connectivity index is 1.59. The topological polar surface area (TPSA) is 181 Å². The van der Waals surface area contributed by atoms with Crippen LogP contribution in [0.3, 0.4) is 0 Å². The molecule has 2 aliphatic carbocycles. The van der Waals surface area contributed by atoms with Crippen molar-refractivity contribution < 1.29 is 37.8 Å². The molecular formula is C24H30N7O9+. The summed E-state index contributed by atoms with van der Waals surface area (Å²) in [6, 6.07) is 0. The zero-order valence-electron chi connectivity index (χ0n) is 21.7. The molecule has 16 nitrogen and oxygen atoms in total. The molecule has 5 aliphatic rings. The molecule has 3 fully saturated rings. The minimum Gasteiger partial charge on any atom is -0.612 e. The second-order valence-electron chi connectivity index (χ2n) is 10.00. The van der Waals surface area contributed by atoms with Crippen LogP contribution in [0.15, 0.2) is 39.9 Å². The van der Waals surface area contributed by atoms with Crippen LogP contribution in [0.25, 0.3) is 0 Å². The van der Waals surface area contributed by atoms with Crippen LogP contribution >= 0.6 is 0 Å². The van der Waals surface area contributed by atoms with Crippen molar-refractivity contribution in [1.82, 2.24) is 15.0 Å². The van der Waals surface area contributed by atoms with E-state index in [4.69, 9.17) is 18.8 Å². The highest BCUT2D eigenvalue weighted by atomic mass is 16.8. The molecule has 1 aromatic heterocycles. The molecule has 3 aliphatic heterocycles. The van der Waals surface area contributed by atoms with Crippen LogP contribution < -0.4 is 4.60 Å². The Bertz CT molecular complexity index is 1340. The summed E-state index contributed by atoms with van der Waals surface area (Å²) in [5.74, 6) is -1.88. The van der Waals surface area contributed by atoms with Crippen LogP contribution in [-0.4, -0.2) is 120 Å². The van der Waals surface area contributed by atoms with Gasteiger partial charge in [0.05, 0.1) is 43.3 Å². The van der Waals surface area contributed by atoms with Crippen molar-refractivity contribution in [2.75, 3.05) is 78.9 Å². The van der Waals surface area contributed by atoms with Crippen LogP contribution in [0.4, 0.5) is 0 Å². The van der Waals surface area contributed by atoms with E-state index in [-0.39, 0.29) is 16.0 Å². The molecule has 214 valence electrons. The number of ether oxygens (including phenoxy) is 3. The molecular weight excluding hydrogens is 530 g/mol. The van der Waals surface area contributed by atoms with Crippen molar-refractivity contribution >= 4 is 11.4 Å². The fraction of sp³-hybridized carbons (Fsp3) is 0.583. The highest BCUT2D eigenvalue weighted by Gasteiger charge is 2.54. The van der Waals surface area contributed by atoms with Crippen LogP contribution in [0.1, 0.15) is 17.3 Å². The maximum atomic E-state index is 13.0. The molecule has 0 saturated carbocycles. The van der Waals surface area contributed by atoms with Gasteiger partial charge in [-0.2, -0.15) is 4.90 Å². The molecule has 6 rings (SSSR count). The van der Waals surface area contributed by atoms with Crippen molar-refractivity contribution in [2.45, 2.75) is 5.92 Å². The molecule has 16 heteroatoms. The van der Waals surface area contributed by atoms with Crippen molar-refractivity contribution in [3.63, 3.8) is 0 Å². The van der Waals surface area contributed by atoms with Gasteiger partial charge in [0.15, 0.2) is 17.7 Å². The Labute approximate surface area is 227 Å². The predicted molar refractivity (Wildman–Crippen MR) is 136 cm³/mol. The van der Waals surface area contributed by atoms with Gasteiger partial charge < -0.3 is 34.4 Å². The van der Waals surface area contributed by atoms with E-state index in [9.17, 15) is 25.4 Å². The summed E-state index contributed by atoms with van der Waals surface area (Å²) in [5, 5.41) is 38.6. The number of nitrogens with zero attached hydrogens (tertiary/aromatic N) is 6. The first-order valence-corrected chi connectivity index (χ1v) is 13.2. The Morgan fingerprint density at radius 2 is 1.38 bits per heavy atom. The molecule has 1 N–H and O–H groups in total. The molecule has 0 bridgehead atoms. The number of nitrogens with one attached hydrogen (secondary N) is 1. The van der Waals surface area contributed by atoms with Gasteiger partial charge in [-0.3, -0.25) is 10.1 Å². The normalized spacial score (nSPS) is 25.7. The van der Waals surface area contributed by atoms with Gasteiger partial charge in [-0.25, -0.2) is 4.58 Å². The number of hydrogen-bond donors (Lipinski definition) is 1. The van der Waals surface area contributed by atoms with Crippen molar-refractivity contribution in [3.05, 3.63) is 72.1 Å². The zero-order chi connectivity index (χ0) is 27.8. The zero-order valence-corrected chi connectivity index (χ0v) is 21.7. The fourth-order valence-corrected chi connectivity index (χ4v) is 6.05. The number of H-pyrrole nitrogens is 1. The average Bonchev–Trinajstić information content (AvgIpc) is 3.38. The van der Waals surface area contributed by atoms with Gasteiger partial charge >= 0.3 is 0 Å². The third-order valence-electron chi connectivity index (χ3n) is 7.94. The van der Waals surface area contributed by atoms with Gasteiger partial charge in [0.25, 0.3) is 22.8 Å². The van der Waals surface area contributed by atoms with Crippen LogP contribution in [0.5, 0.6) is 0 Å². The monoisotopic (exact) mass is 560 g/mol. The number of fused-ring (bicyclic) bond motifs is 1. The standard InChI is InChI=1S/C24H30N7O9/c32-29(33)19-15-20(30(34)35)23-24(31(36)40-25-23)22(19)21-17(27-3-9-38-10-4-27)13-16(26-1-7-37-8-2-26)14-18(21)28-5-11-39-12-6-28/h13-15,21-22,25H,1-12H2/q+1. The summed E-state index contributed by atoms with van der Waals surface area (Å²) in [6.07, 6.45) is 4.98. The summed E-state index contributed by atoms with van der Waals surface area (Å²) in [6.45, 7) is 6.62. The lowest BCUT2D eigenvalue weighted by molar-refractivity contribution is -0.720. The van der Waals surface area contributed by atoms with Crippen molar-refractivity contribution in [3.8, 4) is 0 Å². The summed E-state index contributed by atoms with van der Waals surface area (Å²) < 4.78 is 24.1. The van der Waals surface area contributed by atoms with Gasteiger partial charge in [-0.15, -0.1) is 0 Å². The van der Waals surface area contributed by atoms with Gasteiger partial charge in [0.1, 0.15) is 19.1 Å². The van der Waals surface area contributed by atoms with E-state index in [0.717, 1.165) is 23.2 Å². The molecule has 4 heterocycles. The van der Waals surface area contributed by atoms with Crippen LogP contribution in [0, 0.1) is 31.4 Å². The number of hydrogen-bond acceptors (Lipinski definition) is 11. The van der Waals surface area contributed by atoms with Gasteiger partial charge in [0.2, 0.25) is 5.71 Å². The number of morpholine rings is 3. The highest BCUT2D eigenvalue weighted by Crippen LogP contribution is 2.46. The van der Waals surface area contributed by atoms with E-state index in [2.05, 4.69) is 19.5 Å². The first kappa shape index (κ1) is 26.2. The molecule has 40 heavy (non-hydrogen) atoms. The third kappa shape index (κ3) is 4.67. The van der Waals surface area contributed by atoms with E-state index < -0.39 is 33.1 Å². The number of nitro groups is 1. The fourth-order valence-electron chi connectivity index (χ4n) is 6.05. The summed E-state index contributed by atoms with van der Waals surface area (Å²) in [7, 11) is 0. The maximum absolute atomic E-state index is 13.0. The Morgan fingerprint density at radius 1 is 0.825 bits per heavy atom. The van der Waals surface area contributed by atoms with E-state index in [1.165, 1.54) is 0 Å². The largest absolute Gasteiger partial charge is 0.612 e. The minimum atomic E-state index is -1.17. The molecule has 0 spiro atoms. The highest BCUT2D eigenvalue weighted by molar-refractivity contribution is 6.06. The predicted octanol–water partition coefficient (Wildman–Crippen LogP) is -0.877. The first-order valence-electron chi connectivity index (χ1n) is 13.2. The Hall–Kier alpha value is -4.02. The minimum absolute atomic E-state index is 0.120. The lowest BCUT2D eigenvalue weighted by Gasteiger charge is -2.43. The molecule has 1 aromatic rings. The van der Waals surface area contributed by atoms with Crippen LogP contribution in [-0.2, 0) is 14.2 Å². The third-order valence-corrected chi connectivity index (χ3v) is 7.94. The number of aromatic amines is 1. The smallest absolute Gasteiger partial charge is 0.289 e. The summed E-state index contributed by atoms with van der Waals surface area (Å²) in [4.78, 5) is 28.4. The molecule has 0 aromatic carbocycles. The molecule has 1 unspecified atom stereocenters. The van der Waals surface area contributed by atoms with E-state index in [0.29, 0.717) is 78.9 Å². The average molecular weight is 561 g/mol. The van der Waals surface area contributed by atoms with Crippen molar-refractivity contribution in [1.29, 1.82) is 0 Å². The Kier molecular flexibility index (Phi) is 7.12. The quantitative estimate of drug-likeness (QED) is 0.209. The summed E-state index contributed by atoms with van der Waals surface area (Å²) in [5.41, 5.74) is 1.08. The Morgan fingerprint density at radius 3 is 1.90 bits per heavy atom. The second kappa shape index (κ2) is 10.9. The number of aromatic nitrogens is 2. The van der Waals surface area contributed by atoms with Gasteiger partial charge in [0, 0.05) is 49.7 Å². The lowest BCUT2D eigenvalue weighted by Crippen LogP contribution is -2.48. The SMILES string of the molecule is O=[N+]([O-])C1=CC(=[N+]([O-])[O-])c2[nH]o[n+](=O)c2C1C1C(N2CCOCC2)=CC(=[N+]2CCOCC2)C=C1N1CCOCC1. The van der Waals surface area contributed by atoms with Gasteiger partial charge in [-0.1, -0.05) is 9.79 Å². The molecule has 3 saturated heterocycles. The van der Waals surface area contributed by atoms with Gasteiger partial charge in [-0.05, 0) is 4.91 Å². The van der Waals surface area contributed by atoms with E-state index in [1.807, 2.05) is 12.2 Å². The van der Waals surface area contributed by atoms with E-state index >= 15 is 0 Å². The number of allylic oxidation sites excluding steroid dienone is 4. The molecule has 0 radical (unpaired) electrons. The van der Waals surface area contributed by atoms with E-state index in [1.54, 1.807) is 0 Å². The lowest BCUT2D eigenvalue weighted by atomic mass is 9.75. The first-order chi connectivity index (χ1) is 19.4. The summed E-state index contributed by atoms with van der Waals surface area (Å²) >= 11 is 0. The van der Waals surface area contributed by atoms with Crippen molar-refractivity contribution in [2.24, 2.45) is 5.92 Å². The maximum Gasteiger partial charge on any atom is 0.289 e. The molecule has 0 amide bonds. The number of rotatable bonds is 4. The second-order valence-corrected chi connectivity index (χ2v) is 10.00.